The third kappa shape index (κ3) is 2.70. The lowest BCUT2D eigenvalue weighted by molar-refractivity contribution is 0.322. The van der Waals surface area contributed by atoms with Crippen molar-refractivity contribution in [1.82, 2.24) is 9.78 Å². The molecule has 6 heteroatoms. The summed E-state index contributed by atoms with van der Waals surface area (Å²) in [4.78, 5) is 12.4. The van der Waals surface area contributed by atoms with Crippen LogP contribution in [-0.2, 0) is 0 Å². The van der Waals surface area contributed by atoms with Crippen LogP contribution in [0.1, 0.15) is 5.56 Å². The van der Waals surface area contributed by atoms with Crippen molar-refractivity contribution in [1.29, 1.82) is 0 Å². The van der Waals surface area contributed by atoms with E-state index >= 15 is 0 Å². The summed E-state index contributed by atoms with van der Waals surface area (Å²) >= 11 is 0. The number of para-hydroxylation sites is 2. The van der Waals surface area contributed by atoms with Crippen molar-refractivity contribution in [3.63, 3.8) is 0 Å². The molecule has 0 aliphatic heterocycles. The van der Waals surface area contributed by atoms with Gasteiger partial charge in [0.1, 0.15) is 11.3 Å². The van der Waals surface area contributed by atoms with Crippen LogP contribution in [0.2, 0.25) is 0 Å². The number of nitrogens with zero attached hydrogens (tertiary/aromatic N) is 3. The van der Waals surface area contributed by atoms with Gasteiger partial charge in [0.25, 0.3) is 0 Å². The van der Waals surface area contributed by atoms with Crippen LogP contribution >= 0.6 is 0 Å². The second kappa shape index (κ2) is 6.09. The van der Waals surface area contributed by atoms with E-state index < -0.39 is 5.63 Å². The monoisotopic (exact) mass is 331 g/mol. The molecule has 0 amide bonds. The van der Waals surface area contributed by atoms with Crippen molar-refractivity contribution in [2.45, 2.75) is 0 Å². The van der Waals surface area contributed by atoms with Gasteiger partial charge in [-0.15, -0.1) is 0 Å². The number of hydrogen-bond donors (Lipinski definition) is 1. The molecule has 2 heterocycles. The number of hydrogen-bond acceptors (Lipinski definition) is 5. The minimum Gasteiger partial charge on any atom is -0.422 e. The van der Waals surface area contributed by atoms with E-state index in [-0.39, 0.29) is 0 Å². The third-order valence-corrected chi connectivity index (χ3v) is 3.86. The first-order valence-electron chi connectivity index (χ1n) is 7.62. The van der Waals surface area contributed by atoms with E-state index in [2.05, 4.69) is 10.3 Å². The summed E-state index contributed by atoms with van der Waals surface area (Å²) < 4.78 is 7.01. The first kappa shape index (κ1) is 14.9. The Morgan fingerprint density at radius 2 is 1.84 bits per heavy atom. The van der Waals surface area contributed by atoms with Crippen molar-refractivity contribution in [3.05, 3.63) is 82.8 Å². The molecule has 0 saturated carbocycles. The molecule has 2 aromatic carbocycles. The Labute approximate surface area is 142 Å². The minimum atomic E-state index is -0.496. The summed E-state index contributed by atoms with van der Waals surface area (Å²) in [7, 11) is 0. The van der Waals surface area contributed by atoms with Crippen LogP contribution in [0.25, 0.3) is 27.9 Å². The van der Waals surface area contributed by atoms with Crippen LogP contribution in [-0.4, -0.2) is 21.2 Å². The zero-order chi connectivity index (χ0) is 17.2. The molecule has 25 heavy (non-hydrogen) atoms. The average molecular weight is 331 g/mol. The summed E-state index contributed by atoms with van der Waals surface area (Å²) in [6, 6.07) is 18.5. The molecule has 0 bridgehead atoms. The molecule has 0 fully saturated rings. The lowest BCUT2D eigenvalue weighted by Crippen LogP contribution is -2.05. The van der Waals surface area contributed by atoms with Crippen molar-refractivity contribution in [2.24, 2.45) is 5.16 Å². The highest BCUT2D eigenvalue weighted by molar-refractivity contribution is 5.90. The summed E-state index contributed by atoms with van der Waals surface area (Å²) in [5.41, 5.74) is 2.05. The molecule has 1 N–H and O–H groups in total. The number of aromatic nitrogens is 2. The predicted octanol–water partition coefficient (Wildman–Crippen LogP) is 3.45. The molecule has 4 rings (SSSR count). The summed E-state index contributed by atoms with van der Waals surface area (Å²) in [6.07, 6.45) is 2.94. The van der Waals surface area contributed by atoms with E-state index in [0.29, 0.717) is 22.4 Å². The lowest BCUT2D eigenvalue weighted by Gasteiger charge is -2.01. The van der Waals surface area contributed by atoms with Crippen molar-refractivity contribution in [2.75, 3.05) is 0 Å². The largest absolute Gasteiger partial charge is 0.422 e. The highest BCUT2D eigenvalue weighted by atomic mass is 16.4. The molecule has 2 aromatic heterocycles. The van der Waals surface area contributed by atoms with Crippen LogP contribution in [0, 0.1) is 0 Å². The minimum absolute atomic E-state index is 0.309. The maximum Gasteiger partial charge on any atom is 0.345 e. The Bertz CT molecular complexity index is 1130. The van der Waals surface area contributed by atoms with E-state index in [4.69, 9.17) is 9.62 Å². The number of benzene rings is 2. The Morgan fingerprint density at radius 3 is 2.64 bits per heavy atom. The average Bonchev–Trinajstić information content (AvgIpc) is 3.06. The molecule has 0 atom stereocenters. The quantitative estimate of drug-likeness (QED) is 0.270. The van der Waals surface area contributed by atoms with E-state index in [9.17, 15) is 4.79 Å². The van der Waals surface area contributed by atoms with Crippen LogP contribution in [0.3, 0.4) is 0 Å². The second-order valence-corrected chi connectivity index (χ2v) is 5.44. The maximum absolute atomic E-state index is 12.4. The smallest absolute Gasteiger partial charge is 0.345 e. The van der Waals surface area contributed by atoms with Crippen LogP contribution < -0.4 is 5.63 Å². The molecule has 0 spiro atoms. The van der Waals surface area contributed by atoms with Crippen molar-refractivity contribution in [3.8, 4) is 16.9 Å². The van der Waals surface area contributed by atoms with Gasteiger partial charge >= 0.3 is 5.63 Å². The fraction of sp³-hybridized carbons (Fsp3) is 0. The van der Waals surface area contributed by atoms with Crippen LogP contribution in [0.4, 0.5) is 0 Å². The van der Waals surface area contributed by atoms with E-state index in [1.54, 1.807) is 29.1 Å². The number of fused-ring (bicyclic) bond motifs is 1. The number of rotatable bonds is 3. The standard InChI is InChI=1S/C19H13N3O3/c23-19-16(10-13-6-4-5-9-17(13)25-19)18-14(11-20-24)12-22(21-18)15-7-2-1-3-8-15/h1-12,24H/b20-11-. The second-order valence-electron chi connectivity index (χ2n) is 5.44. The Hall–Kier alpha value is -3.67. The van der Waals surface area contributed by atoms with Gasteiger partial charge < -0.3 is 9.62 Å². The van der Waals surface area contributed by atoms with Crippen LogP contribution in [0.5, 0.6) is 0 Å². The van der Waals surface area contributed by atoms with Gasteiger partial charge in [0.2, 0.25) is 0 Å². The molecular formula is C19H13N3O3. The molecule has 0 unspecified atom stereocenters. The molecular weight excluding hydrogens is 318 g/mol. The summed E-state index contributed by atoms with van der Waals surface area (Å²) in [5.74, 6) is 0. The Kier molecular flexibility index (Phi) is 3.63. The van der Waals surface area contributed by atoms with Crippen molar-refractivity contribution >= 4 is 17.2 Å². The lowest BCUT2D eigenvalue weighted by atomic mass is 10.1. The van der Waals surface area contributed by atoms with Gasteiger partial charge in [-0.1, -0.05) is 41.6 Å². The highest BCUT2D eigenvalue weighted by Gasteiger charge is 2.16. The molecule has 6 nitrogen and oxygen atoms in total. The normalized spacial score (nSPS) is 11.4. The van der Waals surface area contributed by atoms with Gasteiger partial charge in [-0.3, -0.25) is 0 Å². The highest BCUT2D eigenvalue weighted by Crippen LogP contribution is 2.23. The van der Waals surface area contributed by atoms with Gasteiger partial charge in [-0.2, -0.15) is 5.10 Å². The number of oxime groups is 1. The Balaban J connectivity index is 1.94. The molecule has 4 aromatic rings. The zero-order valence-electron chi connectivity index (χ0n) is 13.0. The maximum atomic E-state index is 12.4. The first-order valence-corrected chi connectivity index (χ1v) is 7.62. The van der Waals surface area contributed by atoms with E-state index in [1.807, 2.05) is 42.5 Å². The summed E-state index contributed by atoms with van der Waals surface area (Å²) in [5, 5.41) is 17.3. The fourth-order valence-electron chi connectivity index (χ4n) is 2.69. The zero-order valence-corrected chi connectivity index (χ0v) is 13.0. The third-order valence-electron chi connectivity index (χ3n) is 3.86. The molecule has 0 radical (unpaired) electrons. The van der Waals surface area contributed by atoms with Gasteiger partial charge in [0.05, 0.1) is 17.5 Å². The molecule has 0 saturated heterocycles. The first-order chi connectivity index (χ1) is 12.3. The van der Waals surface area contributed by atoms with E-state index in [0.717, 1.165) is 11.1 Å². The SMILES string of the molecule is O=c1oc2ccccc2cc1-c1nn(-c2ccccc2)cc1/C=N\O. The summed E-state index contributed by atoms with van der Waals surface area (Å²) in [6.45, 7) is 0. The van der Waals surface area contributed by atoms with Gasteiger partial charge in [-0.05, 0) is 24.3 Å². The van der Waals surface area contributed by atoms with Crippen molar-refractivity contribution < 1.29 is 9.62 Å². The van der Waals surface area contributed by atoms with E-state index in [1.165, 1.54) is 6.21 Å². The van der Waals surface area contributed by atoms with Gasteiger partial charge in [-0.25, -0.2) is 9.48 Å². The fourth-order valence-corrected chi connectivity index (χ4v) is 2.69. The molecule has 0 aliphatic carbocycles. The van der Waals surface area contributed by atoms with Gasteiger partial charge in [0, 0.05) is 17.1 Å². The Morgan fingerprint density at radius 1 is 1.08 bits per heavy atom. The molecule has 122 valence electrons. The molecule has 0 aliphatic rings. The predicted molar refractivity (Wildman–Crippen MR) is 94.4 cm³/mol. The topological polar surface area (TPSA) is 80.6 Å². The van der Waals surface area contributed by atoms with Crippen LogP contribution in [0.15, 0.2) is 81.2 Å². The van der Waals surface area contributed by atoms with Gasteiger partial charge in [0.15, 0.2) is 0 Å².